The summed E-state index contributed by atoms with van der Waals surface area (Å²) in [6, 6.07) is 0. The van der Waals surface area contributed by atoms with E-state index in [0.717, 1.165) is 141 Å². The number of aliphatic carboxylic acids is 1. The second kappa shape index (κ2) is 52.1. The molecule has 1 fully saturated rings. The van der Waals surface area contributed by atoms with Crippen LogP contribution in [0, 0.1) is 0 Å². The molecule has 0 aliphatic carbocycles. The predicted octanol–water partition coefficient (Wildman–Crippen LogP) is 15.4. The summed E-state index contributed by atoms with van der Waals surface area (Å²) in [4.78, 5) is 51.1. The van der Waals surface area contributed by atoms with Crippen LogP contribution in [0.4, 0.5) is 0 Å². The molecule has 6 unspecified atom stereocenters. The fourth-order valence-electron chi connectivity index (χ4n) is 8.28. The Morgan fingerprint density at radius 3 is 1.29 bits per heavy atom. The Hall–Kier alpha value is -4.62. The van der Waals surface area contributed by atoms with Crippen molar-refractivity contribution >= 4 is 23.9 Å². The van der Waals surface area contributed by atoms with Crippen LogP contribution in [0.1, 0.15) is 226 Å². The van der Waals surface area contributed by atoms with E-state index >= 15 is 0 Å². The summed E-state index contributed by atoms with van der Waals surface area (Å²) in [5.41, 5.74) is 0. The van der Waals surface area contributed by atoms with E-state index in [1.807, 2.05) is 0 Å². The van der Waals surface area contributed by atoms with Gasteiger partial charge < -0.3 is 39.0 Å². The molecular formula is C65H104O12. The van der Waals surface area contributed by atoms with Gasteiger partial charge in [0, 0.05) is 19.3 Å². The summed E-state index contributed by atoms with van der Waals surface area (Å²) in [6.45, 7) is 5.69. The van der Waals surface area contributed by atoms with Gasteiger partial charge in [-0.15, -0.1) is 0 Å². The third-order valence-electron chi connectivity index (χ3n) is 12.8. The quantitative estimate of drug-likeness (QED) is 0.0228. The van der Waals surface area contributed by atoms with Gasteiger partial charge in [0.1, 0.15) is 18.8 Å². The van der Waals surface area contributed by atoms with Crippen molar-refractivity contribution in [3.63, 3.8) is 0 Å². The van der Waals surface area contributed by atoms with Crippen molar-refractivity contribution in [1.82, 2.24) is 0 Å². The van der Waals surface area contributed by atoms with Gasteiger partial charge >= 0.3 is 23.9 Å². The number of ether oxygens (including phenoxy) is 5. The van der Waals surface area contributed by atoms with Crippen LogP contribution in [0.25, 0.3) is 0 Å². The summed E-state index contributed by atoms with van der Waals surface area (Å²) >= 11 is 0. The number of hydrogen-bond acceptors (Lipinski definition) is 11. The van der Waals surface area contributed by atoms with Crippen LogP contribution in [-0.4, -0.2) is 89.2 Å². The molecule has 3 N–H and O–H groups in total. The number of carbonyl (C=O) groups excluding carboxylic acids is 3. The number of aliphatic hydroxyl groups excluding tert-OH is 2. The van der Waals surface area contributed by atoms with Crippen molar-refractivity contribution in [2.45, 2.75) is 263 Å². The number of rotatable bonds is 49. The molecule has 0 saturated carbocycles. The van der Waals surface area contributed by atoms with Gasteiger partial charge in [-0.05, 0) is 122 Å². The largest absolute Gasteiger partial charge is 0.479 e. The minimum Gasteiger partial charge on any atom is -0.479 e. The normalized spacial score (nSPS) is 18.8. The number of carboxylic acids is 1. The molecular weight excluding hydrogens is 973 g/mol. The summed E-state index contributed by atoms with van der Waals surface area (Å²) in [5, 5.41) is 31.5. The molecule has 1 aliphatic heterocycles. The number of unbranched alkanes of at least 4 members (excludes halogenated alkanes) is 17. The number of hydrogen-bond donors (Lipinski definition) is 3. The van der Waals surface area contributed by atoms with Crippen LogP contribution in [0.5, 0.6) is 0 Å². The average molecular weight is 1080 g/mol. The lowest BCUT2D eigenvalue weighted by Gasteiger charge is -2.40. The highest BCUT2D eigenvalue weighted by Gasteiger charge is 2.50. The molecule has 0 bridgehead atoms. The smallest absolute Gasteiger partial charge is 0.335 e. The molecule has 0 aromatic carbocycles. The Morgan fingerprint density at radius 1 is 0.442 bits per heavy atom. The van der Waals surface area contributed by atoms with Gasteiger partial charge in [-0.2, -0.15) is 0 Å². The van der Waals surface area contributed by atoms with Crippen LogP contribution in [0.2, 0.25) is 0 Å². The molecule has 0 spiro atoms. The van der Waals surface area contributed by atoms with Crippen LogP contribution in [0.3, 0.4) is 0 Å². The standard InChI is InChI=1S/C65H104O12/c1-4-7-10-13-16-19-22-25-27-28-29-30-32-35-38-41-44-47-50-53-59(68)76-63-61(70)60(69)62(64(71)72)77-65(63)74-55-56(75-58(67)52-49-46-43-40-37-33-24-21-18-15-12-9-6-3)54-73-57(66)51-48-45-42-39-36-34-31-26-23-20-17-14-11-8-5-2/h7-8,10-11,16-17,19-21,24-27,29-31,36,39,56,60-63,65,69-70H,4-6,9,12-15,18,22-23,28,32-35,37-38,40-55H2,1-3H3,(H,71,72)/b10-7-,11-8-,19-16-,20-17-,24-21-,27-25-,30-29-,31-26-,39-36-. The first kappa shape index (κ1) is 70.4. The second-order valence-electron chi connectivity index (χ2n) is 19.9. The van der Waals surface area contributed by atoms with E-state index in [1.54, 1.807) is 0 Å². The van der Waals surface area contributed by atoms with Crippen molar-refractivity contribution in [3.8, 4) is 0 Å². The predicted molar refractivity (Wildman–Crippen MR) is 312 cm³/mol. The van der Waals surface area contributed by atoms with E-state index < -0.39 is 67.3 Å². The minimum atomic E-state index is -1.92. The second-order valence-corrected chi connectivity index (χ2v) is 19.9. The molecule has 1 heterocycles. The Kier molecular flexibility index (Phi) is 47.6. The maximum absolute atomic E-state index is 13.1. The number of allylic oxidation sites excluding steroid dienone is 18. The van der Waals surface area contributed by atoms with E-state index in [-0.39, 0.29) is 25.9 Å². The SMILES string of the molecule is CC/C=C\C/C=C\C/C=C\C/C=C\CCCCCCCCC(=O)OC1C(OCC(COC(=O)CCCC/C=C\C/C=C\C/C=C\C/C=C\CC)OC(=O)CCCCCCC/C=C\CCCCCC)OC(C(=O)O)C(O)C1O. The number of aliphatic hydroxyl groups is 2. The van der Waals surface area contributed by atoms with E-state index in [0.29, 0.717) is 19.3 Å². The Labute approximate surface area is 465 Å². The molecule has 6 atom stereocenters. The van der Waals surface area contributed by atoms with Gasteiger partial charge in [0.25, 0.3) is 0 Å². The molecule has 436 valence electrons. The Morgan fingerprint density at radius 2 is 0.818 bits per heavy atom. The summed E-state index contributed by atoms with van der Waals surface area (Å²) in [7, 11) is 0. The van der Waals surface area contributed by atoms with Crippen molar-refractivity contribution in [2.24, 2.45) is 0 Å². The number of esters is 3. The highest BCUT2D eigenvalue weighted by Crippen LogP contribution is 2.26. The third kappa shape index (κ3) is 42.1. The molecule has 12 heteroatoms. The molecule has 12 nitrogen and oxygen atoms in total. The van der Waals surface area contributed by atoms with Crippen molar-refractivity contribution in [1.29, 1.82) is 0 Å². The zero-order valence-corrected chi connectivity index (χ0v) is 47.9. The Bertz CT molecular complexity index is 1750. The third-order valence-corrected chi connectivity index (χ3v) is 12.8. The topological polar surface area (TPSA) is 175 Å². The van der Waals surface area contributed by atoms with Crippen molar-refractivity contribution in [2.75, 3.05) is 13.2 Å². The minimum absolute atomic E-state index is 0.0339. The molecule has 0 aromatic heterocycles. The lowest BCUT2D eigenvalue weighted by atomic mass is 9.98. The van der Waals surface area contributed by atoms with Gasteiger partial charge in [-0.25, -0.2) is 4.79 Å². The average Bonchev–Trinajstić information content (AvgIpc) is 3.42. The number of carboxylic acid groups (broad SMARTS) is 1. The zero-order chi connectivity index (χ0) is 56.1. The molecule has 1 rings (SSSR count). The van der Waals surface area contributed by atoms with E-state index in [2.05, 4.69) is 130 Å². The summed E-state index contributed by atoms with van der Waals surface area (Å²) in [6.07, 6.45) is 57.7. The van der Waals surface area contributed by atoms with Gasteiger partial charge in [0.2, 0.25) is 0 Å². The lowest BCUT2D eigenvalue weighted by molar-refractivity contribution is -0.301. The van der Waals surface area contributed by atoms with Gasteiger partial charge in [-0.1, -0.05) is 194 Å². The molecule has 1 saturated heterocycles. The van der Waals surface area contributed by atoms with Gasteiger partial charge in [0.15, 0.2) is 24.6 Å². The molecule has 0 radical (unpaired) electrons. The fraction of sp³-hybridized carbons (Fsp3) is 0.662. The lowest BCUT2D eigenvalue weighted by Crippen LogP contribution is -2.61. The maximum Gasteiger partial charge on any atom is 0.335 e. The van der Waals surface area contributed by atoms with Gasteiger partial charge in [0.05, 0.1) is 6.61 Å². The van der Waals surface area contributed by atoms with E-state index in [9.17, 15) is 34.5 Å². The highest BCUT2D eigenvalue weighted by atomic mass is 16.7. The number of carbonyl (C=O) groups is 4. The molecule has 77 heavy (non-hydrogen) atoms. The zero-order valence-electron chi connectivity index (χ0n) is 47.9. The monoisotopic (exact) mass is 1080 g/mol. The van der Waals surface area contributed by atoms with Gasteiger partial charge in [-0.3, -0.25) is 14.4 Å². The van der Waals surface area contributed by atoms with Crippen LogP contribution < -0.4 is 0 Å². The van der Waals surface area contributed by atoms with Crippen molar-refractivity contribution < 1.29 is 58.2 Å². The van der Waals surface area contributed by atoms with Crippen LogP contribution >= 0.6 is 0 Å². The van der Waals surface area contributed by atoms with E-state index in [1.165, 1.54) is 25.7 Å². The molecule has 1 aliphatic rings. The summed E-state index contributed by atoms with van der Waals surface area (Å²) in [5.74, 6) is -3.22. The maximum atomic E-state index is 13.1. The first-order valence-corrected chi connectivity index (χ1v) is 29.9. The summed E-state index contributed by atoms with van der Waals surface area (Å²) < 4.78 is 28.4. The molecule has 0 amide bonds. The Balaban J connectivity index is 2.72. The fourth-order valence-corrected chi connectivity index (χ4v) is 8.28. The molecule has 0 aromatic rings. The van der Waals surface area contributed by atoms with Crippen LogP contribution in [0.15, 0.2) is 109 Å². The van der Waals surface area contributed by atoms with Crippen LogP contribution in [-0.2, 0) is 42.9 Å². The van der Waals surface area contributed by atoms with E-state index in [4.69, 9.17) is 23.7 Å². The highest BCUT2D eigenvalue weighted by molar-refractivity contribution is 5.74. The first-order chi connectivity index (χ1) is 37.6. The first-order valence-electron chi connectivity index (χ1n) is 29.9. The van der Waals surface area contributed by atoms with Crippen molar-refractivity contribution in [3.05, 3.63) is 109 Å².